The molecule has 0 fully saturated rings. The molecule has 1 amide bonds. The van der Waals surface area contributed by atoms with Gasteiger partial charge < -0.3 is 14.8 Å². The molecule has 1 atom stereocenters. The first kappa shape index (κ1) is 15.4. The number of carbonyl (C=O) groups excluding carboxylic acids is 1. The van der Waals surface area contributed by atoms with Crippen molar-refractivity contribution in [2.75, 3.05) is 20.3 Å². The number of amides is 1. The smallest absolute Gasteiger partial charge is 0.226 e. The monoisotopic (exact) mass is 311 g/mol. The standard InChI is InChI=1S/C19H21NO3/c1-22-17-7-4-5-14(11-17)9-10-20-19(21)16-12-15-6-2-3-8-18(15)23-13-16/h2-8,11,16H,9-10,12-13H2,1H3,(H,20,21)/t16-/m1/s1. The number of para-hydroxylation sites is 1. The molecule has 1 aliphatic rings. The van der Waals surface area contributed by atoms with Crippen LogP contribution in [0.25, 0.3) is 0 Å². The zero-order valence-corrected chi connectivity index (χ0v) is 13.2. The molecule has 0 spiro atoms. The van der Waals surface area contributed by atoms with Crippen LogP contribution < -0.4 is 14.8 Å². The number of hydrogen-bond donors (Lipinski definition) is 1. The van der Waals surface area contributed by atoms with E-state index in [1.165, 1.54) is 0 Å². The molecule has 120 valence electrons. The van der Waals surface area contributed by atoms with E-state index in [1.807, 2.05) is 48.5 Å². The zero-order valence-electron chi connectivity index (χ0n) is 13.2. The molecule has 0 unspecified atom stereocenters. The summed E-state index contributed by atoms with van der Waals surface area (Å²) in [4.78, 5) is 12.3. The molecule has 23 heavy (non-hydrogen) atoms. The lowest BCUT2D eigenvalue weighted by atomic mass is 9.96. The molecule has 4 heteroatoms. The summed E-state index contributed by atoms with van der Waals surface area (Å²) in [5.74, 6) is 1.68. The van der Waals surface area contributed by atoms with Gasteiger partial charge in [0.15, 0.2) is 0 Å². The van der Waals surface area contributed by atoms with Crippen molar-refractivity contribution < 1.29 is 14.3 Å². The molecule has 2 aromatic rings. The third kappa shape index (κ3) is 3.83. The summed E-state index contributed by atoms with van der Waals surface area (Å²) in [5, 5.41) is 3.01. The normalized spacial score (nSPS) is 16.1. The zero-order chi connectivity index (χ0) is 16.1. The molecule has 2 aromatic carbocycles. The van der Waals surface area contributed by atoms with E-state index in [4.69, 9.17) is 9.47 Å². The lowest BCUT2D eigenvalue weighted by Gasteiger charge is -2.24. The minimum atomic E-state index is -0.116. The lowest BCUT2D eigenvalue weighted by Crippen LogP contribution is -2.38. The van der Waals surface area contributed by atoms with Crippen LogP contribution in [0.5, 0.6) is 11.5 Å². The van der Waals surface area contributed by atoms with Gasteiger partial charge in [0.1, 0.15) is 18.1 Å². The Morgan fingerprint density at radius 3 is 3.00 bits per heavy atom. The highest BCUT2D eigenvalue weighted by molar-refractivity contribution is 5.79. The van der Waals surface area contributed by atoms with Crippen molar-refractivity contribution in [1.29, 1.82) is 0 Å². The third-order valence-corrected chi connectivity index (χ3v) is 4.10. The van der Waals surface area contributed by atoms with Crippen molar-refractivity contribution in [2.24, 2.45) is 5.92 Å². The fourth-order valence-electron chi connectivity index (χ4n) is 2.80. The van der Waals surface area contributed by atoms with Gasteiger partial charge in [-0.05, 0) is 42.2 Å². The number of carbonyl (C=O) groups is 1. The number of benzene rings is 2. The number of fused-ring (bicyclic) bond motifs is 1. The van der Waals surface area contributed by atoms with Crippen LogP contribution in [0.3, 0.4) is 0 Å². The second-order valence-electron chi connectivity index (χ2n) is 5.71. The van der Waals surface area contributed by atoms with Crippen LogP contribution in [0.1, 0.15) is 11.1 Å². The predicted octanol–water partition coefficient (Wildman–Crippen LogP) is 2.61. The van der Waals surface area contributed by atoms with Crippen LogP contribution >= 0.6 is 0 Å². The maximum absolute atomic E-state index is 12.3. The number of methoxy groups -OCH3 is 1. The van der Waals surface area contributed by atoms with E-state index in [9.17, 15) is 4.79 Å². The quantitative estimate of drug-likeness (QED) is 0.923. The number of ether oxygens (including phenoxy) is 2. The first-order valence-corrected chi connectivity index (χ1v) is 7.87. The number of rotatable bonds is 5. The fraction of sp³-hybridized carbons (Fsp3) is 0.316. The lowest BCUT2D eigenvalue weighted by molar-refractivity contribution is -0.126. The van der Waals surface area contributed by atoms with Crippen LogP contribution in [0.2, 0.25) is 0 Å². The molecule has 0 aliphatic carbocycles. The maximum Gasteiger partial charge on any atom is 0.226 e. The molecular weight excluding hydrogens is 290 g/mol. The SMILES string of the molecule is COc1cccc(CCNC(=O)[C@H]2COc3ccccc3C2)c1. The molecule has 0 saturated heterocycles. The predicted molar refractivity (Wildman–Crippen MR) is 88.8 cm³/mol. The van der Waals surface area contributed by atoms with Crippen LogP contribution in [0, 0.1) is 5.92 Å². The van der Waals surface area contributed by atoms with Gasteiger partial charge in [-0.1, -0.05) is 30.3 Å². The van der Waals surface area contributed by atoms with Gasteiger partial charge in [-0.25, -0.2) is 0 Å². The third-order valence-electron chi connectivity index (χ3n) is 4.10. The maximum atomic E-state index is 12.3. The molecule has 1 N–H and O–H groups in total. The summed E-state index contributed by atoms with van der Waals surface area (Å²) >= 11 is 0. The van der Waals surface area contributed by atoms with Gasteiger partial charge in [-0.15, -0.1) is 0 Å². The molecule has 4 nitrogen and oxygen atoms in total. The first-order chi connectivity index (χ1) is 11.3. The fourth-order valence-corrected chi connectivity index (χ4v) is 2.80. The van der Waals surface area contributed by atoms with Gasteiger partial charge in [-0.2, -0.15) is 0 Å². The minimum Gasteiger partial charge on any atom is -0.497 e. The Morgan fingerprint density at radius 2 is 2.13 bits per heavy atom. The molecular formula is C19H21NO3. The summed E-state index contributed by atoms with van der Waals surface area (Å²) in [6, 6.07) is 15.8. The first-order valence-electron chi connectivity index (χ1n) is 7.87. The van der Waals surface area contributed by atoms with E-state index in [1.54, 1.807) is 7.11 Å². The van der Waals surface area contributed by atoms with Crippen LogP contribution in [0.4, 0.5) is 0 Å². The molecule has 0 saturated carbocycles. The second-order valence-corrected chi connectivity index (χ2v) is 5.71. The Bertz CT molecular complexity index is 684. The molecule has 3 rings (SSSR count). The highest BCUT2D eigenvalue weighted by Crippen LogP contribution is 2.26. The topological polar surface area (TPSA) is 47.6 Å². The molecule has 1 heterocycles. The highest BCUT2D eigenvalue weighted by Gasteiger charge is 2.25. The van der Waals surface area contributed by atoms with E-state index >= 15 is 0 Å². The number of hydrogen-bond acceptors (Lipinski definition) is 3. The Labute approximate surface area is 136 Å². The summed E-state index contributed by atoms with van der Waals surface area (Å²) in [6.07, 6.45) is 1.52. The Hall–Kier alpha value is -2.49. The van der Waals surface area contributed by atoms with Crippen molar-refractivity contribution in [3.63, 3.8) is 0 Å². The molecule has 0 radical (unpaired) electrons. The largest absolute Gasteiger partial charge is 0.497 e. The van der Waals surface area contributed by atoms with Crippen molar-refractivity contribution in [1.82, 2.24) is 5.32 Å². The molecule has 0 bridgehead atoms. The van der Waals surface area contributed by atoms with Crippen molar-refractivity contribution in [3.8, 4) is 11.5 Å². The van der Waals surface area contributed by atoms with Gasteiger partial charge in [0.25, 0.3) is 0 Å². The molecule has 1 aliphatic heterocycles. The highest BCUT2D eigenvalue weighted by atomic mass is 16.5. The van der Waals surface area contributed by atoms with E-state index in [0.717, 1.165) is 35.5 Å². The van der Waals surface area contributed by atoms with Crippen LogP contribution in [0.15, 0.2) is 48.5 Å². The summed E-state index contributed by atoms with van der Waals surface area (Å²) < 4.78 is 10.9. The Morgan fingerprint density at radius 1 is 1.26 bits per heavy atom. The average Bonchev–Trinajstić information content (AvgIpc) is 2.61. The summed E-state index contributed by atoms with van der Waals surface area (Å²) in [5.41, 5.74) is 2.25. The average molecular weight is 311 g/mol. The Kier molecular flexibility index (Phi) is 4.81. The summed E-state index contributed by atoms with van der Waals surface area (Å²) in [6.45, 7) is 1.06. The van der Waals surface area contributed by atoms with E-state index in [-0.39, 0.29) is 11.8 Å². The van der Waals surface area contributed by atoms with Crippen molar-refractivity contribution in [3.05, 3.63) is 59.7 Å². The van der Waals surface area contributed by atoms with Crippen LogP contribution in [-0.4, -0.2) is 26.2 Å². The second kappa shape index (κ2) is 7.18. The Balaban J connectivity index is 1.50. The minimum absolute atomic E-state index is 0.0578. The van der Waals surface area contributed by atoms with Gasteiger partial charge >= 0.3 is 0 Å². The van der Waals surface area contributed by atoms with E-state index < -0.39 is 0 Å². The van der Waals surface area contributed by atoms with Gasteiger partial charge in [0.2, 0.25) is 5.91 Å². The summed E-state index contributed by atoms with van der Waals surface area (Å²) in [7, 11) is 1.65. The van der Waals surface area contributed by atoms with Crippen molar-refractivity contribution >= 4 is 5.91 Å². The van der Waals surface area contributed by atoms with Crippen LogP contribution in [-0.2, 0) is 17.6 Å². The van der Waals surface area contributed by atoms with Gasteiger partial charge in [-0.3, -0.25) is 4.79 Å². The molecule has 0 aromatic heterocycles. The van der Waals surface area contributed by atoms with Crippen molar-refractivity contribution in [2.45, 2.75) is 12.8 Å². The van der Waals surface area contributed by atoms with E-state index in [2.05, 4.69) is 5.32 Å². The number of nitrogens with one attached hydrogen (secondary N) is 1. The van der Waals surface area contributed by atoms with Gasteiger partial charge in [0.05, 0.1) is 13.0 Å². The van der Waals surface area contributed by atoms with E-state index in [0.29, 0.717) is 13.2 Å². The van der Waals surface area contributed by atoms with Gasteiger partial charge in [0, 0.05) is 6.54 Å².